The van der Waals surface area contributed by atoms with E-state index in [9.17, 15) is 9.59 Å². The van der Waals surface area contributed by atoms with Crippen LogP contribution in [0, 0.1) is 11.8 Å². The molecule has 0 bridgehead atoms. The highest BCUT2D eigenvalue weighted by Gasteiger charge is 2.31. The van der Waals surface area contributed by atoms with Gasteiger partial charge < -0.3 is 9.47 Å². The molecule has 32 heavy (non-hydrogen) atoms. The maximum absolute atomic E-state index is 12.3. The average Bonchev–Trinajstić information content (AvgIpc) is 2.81. The minimum Gasteiger partial charge on any atom is -0.465 e. The molecule has 0 atom stereocenters. The van der Waals surface area contributed by atoms with Gasteiger partial charge in [-0.2, -0.15) is 0 Å². The summed E-state index contributed by atoms with van der Waals surface area (Å²) in [4.78, 5) is 24.6. The molecule has 4 nitrogen and oxygen atoms in total. The van der Waals surface area contributed by atoms with Crippen LogP contribution in [-0.2, 0) is 19.1 Å². The fraction of sp³-hybridized carbons (Fsp3) is 0.929. The third kappa shape index (κ3) is 14.9. The van der Waals surface area contributed by atoms with Crippen LogP contribution in [0.15, 0.2) is 0 Å². The number of hydrogen-bond donors (Lipinski definition) is 0. The summed E-state index contributed by atoms with van der Waals surface area (Å²) in [5.74, 6) is -0.168. The molecule has 0 aliphatic heterocycles. The summed E-state index contributed by atoms with van der Waals surface area (Å²) in [7, 11) is 0. The van der Waals surface area contributed by atoms with E-state index in [2.05, 4.69) is 13.8 Å². The Morgan fingerprint density at radius 3 is 1.09 bits per heavy atom. The number of esters is 2. The highest BCUT2D eigenvalue weighted by Crippen LogP contribution is 2.30. The first kappa shape index (κ1) is 29.0. The fourth-order valence-electron chi connectivity index (χ4n) is 4.62. The van der Waals surface area contributed by atoms with Gasteiger partial charge in [0.1, 0.15) is 0 Å². The molecular weight excluding hydrogens is 400 g/mol. The Balaban J connectivity index is 1.97. The summed E-state index contributed by atoms with van der Waals surface area (Å²) >= 11 is 0. The molecule has 1 fully saturated rings. The Morgan fingerprint density at radius 2 is 0.781 bits per heavy atom. The van der Waals surface area contributed by atoms with Crippen molar-refractivity contribution in [2.75, 3.05) is 13.2 Å². The van der Waals surface area contributed by atoms with Crippen molar-refractivity contribution in [3.63, 3.8) is 0 Å². The number of hydrogen-bond acceptors (Lipinski definition) is 4. The van der Waals surface area contributed by atoms with Gasteiger partial charge in [-0.1, -0.05) is 104 Å². The van der Waals surface area contributed by atoms with Crippen LogP contribution in [0.2, 0.25) is 0 Å². The average molecular weight is 453 g/mol. The third-order valence-electron chi connectivity index (χ3n) is 6.88. The molecule has 0 saturated heterocycles. The van der Waals surface area contributed by atoms with Crippen molar-refractivity contribution in [2.45, 2.75) is 142 Å². The minimum atomic E-state index is -0.0579. The van der Waals surface area contributed by atoms with Gasteiger partial charge in [-0.3, -0.25) is 9.59 Å². The highest BCUT2D eigenvalue weighted by atomic mass is 16.5. The first-order valence-corrected chi connectivity index (χ1v) is 14.0. The lowest BCUT2D eigenvalue weighted by Gasteiger charge is -2.26. The molecule has 188 valence electrons. The predicted octanol–water partition coefficient (Wildman–Crippen LogP) is 8.16. The SMILES string of the molecule is CCCCCCCCCCCOC(=O)C1CCC(C(=O)OCCCCCCCCC)CC1. The van der Waals surface area contributed by atoms with E-state index in [1.165, 1.54) is 77.0 Å². The molecule has 1 saturated carbocycles. The van der Waals surface area contributed by atoms with Crippen LogP contribution >= 0.6 is 0 Å². The van der Waals surface area contributed by atoms with Crippen LogP contribution in [-0.4, -0.2) is 25.2 Å². The van der Waals surface area contributed by atoms with Crippen LogP contribution in [0.25, 0.3) is 0 Å². The Hall–Kier alpha value is -1.06. The van der Waals surface area contributed by atoms with Crippen molar-refractivity contribution in [1.29, 1.82) is 0 Å². The zero-order chi connectivity index (χ0) is 23.3. The lowest BCUT2D eigenvalue weighted by Crippen LogP contribution is -2.28. The van der Waals surface area contributed by atoms with E-state index in [1.807, 2.05) is 0 Å². The fourth-order valence-corrected chi connectivity index (χ4v) is 4.62. The summed E-state index contributed by atoms with van der Waals surface area (Å²) in [6, 6.07) is 0. The van der Waals surface area contributed by atoms with Gasteiger partial charge in [-0.15, -0.1) is 0 Å². The monoisotopic (exact) mass is 452 g/mol. The van der Waals surface area contributed by atoms with E-state index in [1.54, 1.807) is 0 Å². The molecule has 0 radical (unpaired) electrons. The van der Waals surface area contributed by atoms with Crippen molar-refractivity contribution < 1.29 is 19.1 Å². The summed E-state index contributed by atoms with van der Waals surface area (Å²) in [5.41, 5.74) is 0. The third-order valence-corrected chi connectivity index (χ3v) is 6.88. The van der Waals surface area contributed by atoms with Gasteiger partial charge in [0.2, 0.25) is 0 Å². The number of rotatable bonds is 20. The molecule has 0 heterocycles. The maximum Gasteiger partial charge on any atom is 0.308 e. The zero-order valence-corrected chi connectivity index (χ0v) is 21.3. The Morgan fingerprint density at radius 1 is 0.500 bits per heavy atom. The molecule has 0 aromatic rings. The normalized spacial score (nSPS) is 18.4. The molecule has 0 unspecified atom stereocenters. The molecule has 1 aliphatic carbocycles. The number of carbonyl (C=O) groups excluding carboxylic acids is 2. The quantitative estimate of drug-likeness (QED) is 0.138. The van der Waals surface area contributed by atoms with Crippen molar-refractivity contribution in [3.05, 3.63) is 0 Å². The summed E-state index contributed by atoms with van der Waals surface area (Å²) in [6.07, 6.45) is 23.0. The van der Waals surface area contributed by atoms with E-state index in [4.69, 9.17) is 9.47 Å². The van der Waals surface area contributed by atoms with Crippen molar-refractivity contribution in [3.8, 4) is 0 Å². The molecule has 1 rings (SSSR count). The molecule has 1 aliphatic rings. The van der Waals surface area contributed by atoms with Crippen molar-refractivity contribution >= 4 is 11.9 Å². The molecule has 4 heteroatoms. The number of carbonyl (C=O) groups is 2. The number of unbranched alkanes of at least 4 members (excludes halogenated alkanes) is 14. The van der Waals surface area contributed by atoms with Crippen molar-refractivity contribution in [2.24, 2.45) is 11.8 Å². The van der Waals surface area contributed by atoms with Crippen LogP contribution in [0.5, 0.6) is 0 Å². The molecule has 0 amide bonds. The van der Waals surface area contributed by atoms with Crippen LogP contribution < -0.4 is 0 Å². The lowest BCUT2D eigenvalue weighted by atomic mass is 9.82. The molecular formula is C28H52O4. The van der Waals surface area contributed by atoms with E-state index in [-0.39, 0.29) is 23.8 Å². The maximum atomic E-state index is 12.3. The first-order valence-electron chi connectivity index (χ1n) is 14.0. The van der Waals surface area contributed by atoms with Crippen molar-refractivity contribution in [1.82, 2.24) is 0 Å². The standard InChI is InChI=1S/C28H52O4/c1-3-5-7-9-11-12-14-16-18-24-32-28(30)26-21-19-25(20-22-26)27(29)31-23-17-15-13-10-8-6-4-2/h25-26H,3-24H2,1-2H3. The highest BCUT2D eigenvalue weighted by molar-refractivity contribution is 5.75. The second-order valence-corrected chi connectivity index (χ2v) is 9.83. The Kier molecular flexibility index (Phi) is 18.6. The Labute approximate surface area is 198 Å². The van der Waals surface area contributed by atoms with Gasteiger partial charge in [-0.25, -0.2) is 0 Å². The minimum absolute atomic E-state index is 0.0269. The Bertz CT molecular complexity index is 454. The van der Waals surface area contributed by atoms with Crippen LogP contribution in [0.1, 0.15) is 142 Å². The molecule has 0 aromatic heterocycles. The van der Waals surface area contributed by atoms with Crippen LogP contribution in [0.4, 0.5) is 0 Å². The first-order chi connectivity index (χ1) is 15.7. The van der Waals surface area contributed by atoms with Gasteiger partial charge in [0.25, 0.3) is 0 Å². The van der Waals surface area contributed by atoms with E-state index in [0.29, 0.717) is 13.2 Å². The molecule has 0 spiro atoms. The number of ether oxygens (including phenoxy) is 2. The van der Waals surface area contributed by atoms with Gasteiger partial charge in [-0.05, 0) is 38.5 Å². The van der Waals surface area contributed by atoms with E-state index >= 15 is 0 Å². The smallest absolute Gasteiger partial charge is 0.308 e. The second-order valence-electron chi connectivity index (χ2n) is 9.83. The van der Waals surface area contributed by atoms with E-state index in [0.717, 1.165) is 51.4 Å². The summed E-state index contributed by atoms with van der Waals surface area (Å²) in [6.45, 7) is 5.58. The topological polar surface area (TPSA) is 52.6 Å². The molecule has 0 aromatic carbocycles. The molecule has 0 N–H and O–H groups in total. The predicted molar refractivity (Wildman–Crippen MR) is 133 cm³/mol. The van der Waals surface area contributed by atoms with Crippen LogP contribution in [0.3, 0.4) is 0 Å². The summed E-state index contributed by atoms with van der Waals surface area (Å²) < 4.78 is 11.0. The van der Waals surface area contributed by atoms with Gasteiger partial charge >= 0.3 is 11.9 Å². The second kappa shape index (κ2) is 20.5. The van der Waals surface area contributed by atoms with E-state index < -0.39 is 0 Å². The zero-order valence-electron chi connectivity index (χ0n) is 21.3. The van der Waals surface area contributed by atoms with Gasteiger partial charge in [0, 0.05) is 0 Å². The largest absolute Gasteiger partial charge is 0.465 e. The van der Waals surface area contributed by atoms with Gasteiger partial charge in [0.05, 0.1) is 25.0 Å². The summed E-state index contributed by atoms with van der Waals surface area (Å²) in [5, 5.41) is 0. The lowest BCUT2D eigenvalue weighted by molar-refractivity contribution is -0.155. The van der Waals surface area contributed by atoms with Gasteiger partial charge in [0.15, 0.2) is 0 Å².